The van der Waals surface area contributed by atoms with Crippen molar-refractivity contribution in [3.8, 4) is 0 Å². The van der Waals surface area contributed by atoms with Gasteiger partial charge in [-0.2, -0.15) is 0 Å². The third-order valence-electron chi connectivity index (χ3n) is 2.78. The molecule has 1 aromatic heterocycles. The van der Waals surface area contributed by atoms with Crippen molar-refractivity contribution in [1.29, 1.82) is 0 Å². The molecule has 0 aliphatic carbocycles. The van der Waals surface area contributed by atoms with E-state index in [0.717, 1.165) is 6.07 Å². The number of alkyl halides is 1. The van der Waals surface area contributed by atoms with Crippen LogP contribution in [0.5, 0.6) is 0 Å². The highest BCUT2D eigenvalue weighted by molar-refractivity contribution is 7.90. The Labute approximate surface area is 136 Å². The van der Waals surface area contributed by atoms with Crippen LogP contribution in [-0.4, -0.2) is 30.4 Å². The molecule has 1 heterocycles. The second-order valence-corrected chi connectivity index (χ2v) is 6.77. The molecule has 2 aromatic rings. The first-order valence-electron chi connectivity index (χ1n) is 6.53. The van der Waals surface area contributed by atoms with Gasteiger partial charge in [-0.05, 0) is 6.07 Å². The average molecular weight is 362 g/mol. The van der Waals surface area contributed by atoms with Gasteiger partial charge in [0.1, 0.15) is 5.82 Å². The van der Waals surface area contributed by atoms with Crippen molar-refractivity contribution in [2.45, 2.75) is 23.9 Å². The fourth-order valence-electron chi connectivity index (χ4n) is 1.67. The first kappa shape index (κ1) is 17.4. The van der Waals surface area contributed by atoms with Crippen molar-refractivity contribution in [1.82, 2.24) is 15.5 Å². The van der Waals surface area contributed by atoms with E-state index in [1.165, 1.54) is 18.2 Å². The Morgan fingerprint density at radius 2 is 2.04 bits per heavy atom. The molecule has 0 atom stereocenters. The summed E-state index contributed by atoms with van der Waals surface area (Å²) in [6.07, 6.45) is 0.119. The van der Waals surface area contributed by atoms with Crippen LogP contribution in [-0.2, 0) is 26.9 Å². The molecule has 1 aromatic carbocycles. The lowest BCUT2D eigenvalue weighted by atomic mass is 10.2. The largest absolute Gasteiger partial charge is 0.411 e. The van der Waals surface area contributed by atoms with Crippen LogP contribution in [0.15, 0.2) is 33.9 Å². The molecule has 10 heteroatoms. The van der Waals surface area contributed by atoms with Crippen molar-refractivity contribution >= 4 is 27.3 Å². The predicted octanol–water partition coefficient (Wildman–Crippen LogP) is 1.43. The van der Waals surface area contributed by atoms with Gasteiger partial charge in [-0.25, -0.2) is 12.8 Å². The highest BCUT2D eigenvalue weighted by Crippen LogP contribution is 2.17. The number of halogens is 2. The van der Waals surface area contributed by atoms with Gasteiger partial charge in [0.2, 0.25) is 21.6 Å². The molecular formula is C13H13ClFN3O4S. The molecule has 0 unspecified atom stereocenters. The van der Waals surface area contributed by atoms with Crippen molar-refractivity contribution in [2.24, 2.45) is 0 Å². The Bertz CT molecular complexity index is 794. The van der Waals surface area contributed by atoms with Crippen LogP contribution in [0, 0.1) is 5.82 Å². The molecular weight excluding hydrogens is 349 g/mol. The Kier molecular flexibility index (Phi) is 5.67. The van der Waals surface area contributed by atoms with E-state index in [-0.39, 0.29) is 36.2 Å². The van der Waals surface area contributed by atoms with Gasteiger partial charge >= 0.3 is 5.22 Å². The van der Waals surface area contributed by atoms with Gasteiger partial charge < -0.3 is 9.73 Å². The summed E-state index contributed by atoms with van der Waals surface area (Å²) in [4.78, 5) is 11.3. The van der Waals surface area contributed by atoms with Crippen molar-refractivity contribution in [2.75, 3.05) is 5.88 Å². The molecule has 0 fully saturated rings. The summed E-state index contributed by atoms with van der Waals surface area (Å²) in [5.41, 5.74) is 0.00247. The van der Waals surface area contributed by atoms with E-state index in [9.17, 15) is 17.6 Å². The molecule has 1 N–H and O–H groups in total. The zero-order valence-corrected chi connectivity index (χ0v) is 13.4. The van der Waals surface area contributed by atoms with E-state index in [1.54, 1.807) is 0 Å². The molecule has 0 bridgehead atoms. The smallest absolute Gasteiger partial charge is 0.335 e. The Morgan fingerprint density at radius 1 is 1.30 bits per heavy atom. The summed E-state index contributed by atoms with van der Waals surface area (Å²) in [5, 5.41) is 8.80. The van der Waals surface area contributed by atoms with E-state index in [1.807, 2.05) is 0 Å². The number of rotatable bonds is 7. The molecule has 0 aliphatic heterocycles. The molecule has 7 nitrogen and oxygen atoms in total. The van der Waals surface area contributed by atoms with E-state index >= 15 is 0 Å². The highest BCUT2D eigenvalue weighted by atomic mass is 35.5. The minimum Gasteiger partial charge on any atom is -0.411 e. The van der Waals surface area contributed by atoms with Gasteiger partial charge in [0, 0.05) is 17.9 Å². The number of nitrogens with zero attached hydrogens (tertiary/aromatic N) is 2. The maximum absolute atomic E-state index is 13.5. The zero-order valence-electron chi connectivity index (χ0n) is 11.8. The lowest BCUT2D eigenvalue weighted by Gasteiger charge is -2.01. The highest BCUT2D eigenvalue weighted by Gasteiger charge is 2.24. The molecule has 2 rings (SSSR count). The maximum atomic E-state index is 13.5. The Hall–Kier alpha value is -2.00. The van der Waals surface area contributed by atoms with Gasteiger partial charge in [0.25, 0.3) is 0 Å². The summed E-state index contributed by atoms with van der Waals surface area (Å²) in [6.45, 7) is -0.113. The third-order valence-corrected chi connectivity index (χ3v) is 4.35. The number of carbonyl (C=O) groups is 1. The number of hydrogen-bond acceptors (Lipinski definition) is 6. The lowest BCUT2D eigenvalue weighted by molar-refractivity contribution is -0.120. The summed E-state index contributed by atoms with van der Waals surface area (Å²) >= 11 is 5.41. The van der Waals surface area contributed by atoms with E-state index in [4.69, 9.17) is 16.0 Å². The number of amides is 1. The monoisotopic (exact) mass is 361 g/mol. The van der Waals surface area contributed by atoms with Gasteiger partial charge in [-0.3, -0.25) is 4.79 Å². The van der Waals surface area contributed by atoms with Crippen LogP contribution >= 0.6 is 11.6 Å². The van der Waals surface area contributed by atoms with Gasteiger partial charge in [-0.1, -0.05) is 23.3 Å². The van der Waals surface area contributed by atoms with Crippen LogP contribution in [0.4, 0.5) is 4.39 Å². The Morgan fingerprint density at radius 3 is 2.74 bits per heavy atom. The van der Waals surface area contributed by atoms with Crippen molar-refractivity contribution in [3.63, 3.8) is 0 Å². The topological polar surface area (TPSA) is 102 Å². The van der Waals surface area contributed by atoms with Gasteiger partial charge in [0.15, 0.2) is 0 Å². The standard InChI is InChI=1S/C13H13ClFN3O4S/c14-6-5-11(19)16-7-12-17-18-13(22-12)23(20,21)8-9-3-1-2-4-10(9)15/h1-4H,5-8H2,(H,16,19). The van der Waals surface area contributed by atoms with Gasteiger partial charge in [0.05, 0.1) is 12.3 Å². The van der Waals surface area contributed by atoms with Crippen LogP contribution < -0.4 is 5.32 Å². The summed E-state index contributed by atoms with van der Waals surface area (Å²) in [7, 11) is -3.98. The molecule has 0 spiro atoms. The predicted molar refractivity (Wildman–Crippen MR) is 78.8 cm³/mol. The number of carbonyl (C=O) groups excluding carboxylic acids is 1. The number of aromatic nitrogens is 2. The second-order valence-electron chi connectivity index (χ2n) is 4.53. The molecule has 0 aliphatic rings. The van der Waals surface area contributed by atoms with Crippen LogP contribution in [0.2, 0.25) is 0 Å². The number of hydrogen-bond donors (Lipinski definition) is 1. The molecule has 23 heavy (non-hydrogen) atoms. The zero-order chi connectivity index (χ0) is 16.9. The van der Waals surface area contributed by atoms with Crippen molar-refractivity contribution in [3.05, 3.63) is 41.5 Å². The first-order valence-corrected chi connectivity index (χ1v) is 8.72. The summed E-state index contributed by atoms with van der Waals surface area (Å²) in [6, 6.07) is 5.51. The van der Waals surface area contributed by atoms with Crippen LogP contribution in [0.3, 0.4) is 0 Å². The quantitative estimate of drug-likeness (QED) is 0.748. The van der Waals surface area contributed by atoms with E-state index in [2.05, 4.69) is 15.5 Å². The SMILES string of the molecule is O=C(CCCl)NCc1nnc(S(=O)(=O)Cc2ccccc2F)o1. The molecule has 124 valence electrons. The third kappa shape index (κ3) is 4.73. The second kappa shape index (κ2) is 7.51. The van der Waals surface area contributed by atoms with Crippen LogP contribution in [0.25, 0.3) is 0 Å². The number of sulfone groups is 1. The van der Waals surface area contributed by atoms with Crippen LogP contribution in [0.1, 0.15) is 17.9 Å². The average Bonchev–Trinajstić information content (AvgIpc) is 2.98. The Balaban J connectivity index is 2.07. The normalized spacial score (nSPS) is 11.4. The summed E-state index contributed by atoms with van der Waals surface area (Å²) in [5.74, 6) is -1.46. The lowest BCUT2D eigenvalue weighted by Crippen LogP contribution is -2.22. The van der Waals surface area contributed by atoms with Gasteiger partial charge in [-0.15, -0.1) is 16.7 Å². The fraction of sp³-hybridized carbons (Fsp3) is 0.308. The van der Waals surface area contributed by atoms with E-state index in [0.29, 0.717) is 0 Å². The number of benzene rings is 1. The minimum absolute atomic E-state index is 0.00247. The maximum Gasteiger partial charge on any atom is 0.335 e. The molecule has 0 saturated carbocycles. The number of nitrogens with one attached hydrogen (secondary N) is 1. The fourth-order valence-corrected chi connectivity index (χ4v) is 2.99. The van der Waals surface area contributed by atoms with Crippen molar-refractivity contribution < 1.29 is 22.0 Å². The molecule has 0 saturated heterocycles. The minimum atomic E-state index is -3.98. The molecule has 1 amide bonds. The van der Waals surface area contributed by atoms with E-state index < -0.39 is 26.6 Å². The molecule has 0 radical (unpaired) electrons. The first-order chi connectivity index (χ1) is 10.9. The summed E-state index contributed by atoms with van der Waals surface area (Å²) < 4.78 is 42.8.